The molecule has 76 valence electrons. The molecule has 0 unspecified atom stereocenters. The van der Waals surface area contributed by atoms with Gasteiger partial charge in [-0.25, -0.2) is 0 Å². The lowest BCUT2D eigenvalue weighted by Gasteiger charge is -2.24. The van der Waals surface area contributed by atoms with E-state index in [1.807, 2.05) is 12.1 Å². The first kappa shape index (κ1) is 9.81. The summed E-state index contributed by atoms with van der Waals surface area (Å²) >= 11 is 6.06. The van der Waals surface area contributed by atoms with Crippen molar-refractivity contribution in [1.29, 1.82) is 0 Å². The van der Waals surface area contributed by atoms with E-state index in [0.29, 0.717) is 11.1 Å². The lowest BCUT2D eigenvalue weighted by Crippen LogP contribution is -2.27. The first-order valence-electron chi connectivity index (χ1n) is 4.82. The standard InChI is InChI=1S/C11H14ClNO/c1-7-9-6-11(14-2)10(12)5-8(9)3-4-13-7/h5-7,13H,3-4H2,1-2H3/t7-/m0/s1. The smallest absolute Gasteiger partial charge is 0.137 e. The van der Waals surface area contributed by atoms with Gasteiger partial charge in [0.2, 0.25) is 0 Å². The van der Waals surface area contributed by atoms with Crippen LogP contribution in [0.15, 0.2) is 12.1 Å². The van der Waals surface area contributed by atoms with Gasteiger partial charge in [-0.3, -0.25) is 0 Å². The minimum atomic E-state index is 0.393. The van der Waals surface area contributed by atoms with Crippen molar-refractivity contribution in [2.24, 2.45) is 0 Å². The first-order chi connectivity index (χ1) is 6.72. The molecular weight excluding hydrogens is 198 g/mol. The number of fused-ring (bicyclic) bond motifs is 1. The Morgan fingerprint density at radius 3 is 3.00 bits per heavy atom. The highest BCUT2D eigenvalue weighted by molar-refractivity contribution is 6.32. The van der Waals surface area contributed by atoms with Gasteiger partial charge in [-0.05, 0) is 43.1 Å². The number of nitrogens with one attached hydrogen (secondary N) is 1. The lowest BCUT2D eigenvalue weighted by molar-refractivity contribution is 0.412. The number of benzene rings is 1. The number of ether oxygens (including phenoxy) is 1. The number of hydrogen-bond donors (Lipinski definition) is 1. The number of halogens is 1. The van der Waals surface area contributed by atoms with Crippen LogP contribution in [0.5, 0.6) is 5.75 Å². The predicted molar refractivity (Wildman–Crippen MR) is 58.1 cm³/mol. The van der Waals surface area contributed by atoms with Gasteiger partial charge in [-0.1, -0.05) is 11.6 Å². The van der Waals surface area contributed by atoms with Crippen LogP contribution in [0.3, 0.4) is 0 Å². The third kappa shape index (κ3) is 1.60. The fourth-order valence-corrected chi connectivity index (χ4v) is 2.18. The van der Waals surface area contributed by atoms with Gasteiger partial charge in [-0.2, -0.15) is 0 Å². The highest BCUT2D eigenvalue weighted by Crippen LogP contribution is 2.32. The second-order valence-electron chi connectivity index (χ2n) is 3.61. The van der Waals surface area contributed by atoms with Crippen LogP contribution in [0.25, 0.3) is 0 Å². The Balaban J connectivity index is 2.49. The van der Waals surface area contributed by atoms with Gasteiger partial charge in [-0.15, -0.1) is 0 Å². The molecule has 1 aromatic carbocycles. The Morgan fingerprint density at radius 1 is 1.50 bits per heavy atom. The third-order valence-corrected chi connectivity index (χ3v) is 3.02. The van der Waals surface area contributed by atoms with Crippen LogP contribution in [-0.4, -0.2) is 13.7 Å². The molecule has 1 heterocycles. The van der Waals surface area contributed by atoms with E-state index in [1.54, 1.807) is 7.11 Å². The Morgan fingerprint density at radius 2 is 2.29 bits per heavy atom. The molecule has 0 saturated carbocycles. The largest absolute Gasteiger partial charge is 0.495 e. The van der Waals surface area contributed by atoms with E-state index in [2.05, 4.69) is 12.2 Å². The Hall–Kier alpha value is -0.730. The molecule has 0 saturated heterocycles. The monoisotopic (exact) mass is 211 g/mol. The van der Waals surface area contributed by atoms with Gasteiger partial charge in [0.25, 0.3) is 0 Å². The minimum absolute atomic E-state index is 0.393. The maximum Gasteiger partial charge on any atom is 0.137 e. The van der Waals surface area contributed by atoms with E-state index in [-0.39, 0.29) is 0 Å². The molecule has 0 aromatic heterocycles. The summed E-state index contributed by atoms with van der Waals surface area (Å²) in [6.45, 7) is 3.18. The van der Waals surface area contributed by atoms with Crippen LogP contribution >= 0.6 is 11.6 Å². The third-order valence-electron chi connectivity index (χ3n) is 2.73. The van der Waals surface area contributed by atoms with Crippen LogP contribution in [0.1, 0.15) is 24.1 Å². The summed E-state index contributed by atoms with van der Waals surface area (Å²) in [7, 11) is 1.65. The zero-order valence-electron chi connectivity index (χ0n) is 8.43. The zero-order chi connectivity index (χ0) is 10.1. The van der Waals surface area contributed by atoms with E-state index in [1.165, 1.54) is 11.1 Å². The predicted octanol–water partition coefficient (Wildman–Crippen LogP) is 2.56. The Bertz CT molecular complexity index is 351. The average Bonchev–Trinajstić information content (AvgIpc) is 2.17. The molecule has 3 heteroatoms. The maximum atomic E-state index is 6.06. The summed E-state index contributed by atoms with van der Waals surface area (Å²) in [5.41, 5.74) is 2.64. The van der Waals surface area contributed by atoms with Crippen molar-refractivity contribution in [3.05, 3.63) is 28.3 Å². The van der Waals surface area contributed by atoms with Crippen molar-refractivity contribution in [3.8, 4) is 5.75 Å². The van der Waals surface area contributed by atoms with Crippen LogP contribution in [0, 0.1) is 0 Å². The summed E-state index contributed by atoms with van der Waals surface area (Å²) in [4.78, 5) is 0. The normalized spacial score (nSPS) is 20.4. The van der Waals surface area contributed by atoms with E-state index in [0.717, 1.165) is 18.7 Å². The lowest BCUT2D eigenvalue weighted by atomic mass is 9.95. The highest BCUT2D eigenvalue weighted by Gasteiger charge is 2.17. The van der Waals surface area contributed by atoms with Crippen molar-refractivity contribution >= 4 is 11.6 Å². The van der Waals surface area contributed by atoms with Crippen LogP contribution in [-0.2, 0) is 6.42 Å². The molecule has 0 amide bonds. The molecule has 2 nitrogen and oxygen atoms in total. The van der Waals surface area contributed by atoms with Crippen LogP contribution < -0.4 is 10.1 Å². The molecule has 1 aliphatic rings. The molecule has 14 heavy (non-hydrogen) atoms. The van der Waals surface area contributed by atoms with Crippen molar-refractivity contribution in [1.82, 2.24) is 5.32 Å². The van der Waals surface area contributed by atoms with Crippen LogP contribution in [0.4, 0.5) is 0 Å². The van der Waals surface area contributed by atoms with Gasteiger partial charge >= 0.3 is 0 Å². The van der Waals surface area contributed by atoms with Gasteiger partial charge < -0.3 is 10.1 Å². The first-order valence-corrected chi connectivity index (χ1v) is 5.20. The molecule has 1 atom stereocenters. The van der Waals surface area contributed by atoms with E-state index >= 15 is 0 Å². The number of rotatable bonds is 1. The molecular formula is C11H14ClNO. The van der Waals surface area contributed by atoms with Crippen molar-refractivity contribution in [2.75, 3.05) is 13.7 Å². The molecule has 0 aliphatic carbocycles. The summed E-state index contributed by atoms with van der Waals surface area (Å²) in [5, 5.41) is 4.12. The van der Waals surface area contributed by atoms with Gasteiger partial charge in [0, 0.05) is 6.04 Å². The quantitative estimate of drug-likeness (QED) is 0.771. The number of hydrogen-bond acceptors (Lipinski definition) is 2. The SMILES string of the molecule is COc1cc2c(cc1Cl)CCN[C@H]2C. The Labute approximate surface area is 89.2 Å². The van der Waals surface area contributed by atoms with E-state index in [9.17, 15) is 0 Å². The molecule has 0 bridgehead atoms. The second kappa shape index (κ2) is 3.79. The summed E-state index contributed by atoms with van der Waals surface area (Å²) in [5.74, 6) is 0.765. The van der Waals surface area contributed by atoms with Crippen molar-refractivity contribution < 1.29 is 4.74 Å². The van der Waals surface area contributed by atoms with Gasteiger partial charge in [0.05, 0.1) is 12.1 Å². The summed E-state index contributed by atoms with van der Waals surface area (Å²) in [6.07, 6.45) is 1.05. The average molecular weight is 212 g/mol. The zero-order valence-corrected chi connectivity index (χ0v) is 9.19. The molecule has 1 aliphatic heterocycles. The molecule has 2 rings (SSSR count). The fraction of sp³-hybridized carbons (Fsp3) is 0.455. The fourth-order valence-electron chi connectivity index (χ4n) is 1.92. The molecule has 0 fully saturated rings. The summed E-state index contributed by atoms with van der Waals surface area (Å²) in [6, 6.07) is 4.45. The summed E-state index contributed by atoms with van der Waals surface area (Å²) < 4.78 is 5.20. The van der Waals surface area contributed by atoms with Crippen LogP contribution in [0.2, 0.25) is 5.02 Å². The van der Waals surface area contributed by atoms with E-state index < -0.39 is 0 Å². The molecule has 0 spiro atoms. The van der Waals surface area contributed by atoms with E-state index in [4.69, 9.17) is 16.3 Å². The van der Waals surface area contributed by atoms with Gasteiger partial charge in [0.1, 0.15) is 5.75 Å². The van der Waals surface area contributed by atoms with Gasteiger partial charge in [0.15, 0.2) is 0 Å². The molecule has 0 radical (unpaired) electrons. The van der Waals surface area contributed by atoms with Crippen molar-refractivity contribution in [2.45, 2.75) is 19.4 Å². The van der Waals surface area contributed by atoms with Crippen molar-refractivity contribution in [3.63, 3.8) is 0 Å². The molecule has 1 aromatic rings. The maximum absolute atomic E-state index is 6.06. The Kier molecular flexibility index (Phi) is 2.66. The highest BCUT2D eigenvalue weighted by atomic mass is 35.5. The second-order valence-corrected chi connectivity index (χ2v) is 4.02. The molecule has 1 N–H and O–H groups in total. The minimum Gasteiger partial charge on any atom is -0.495 e. The number of methoxy groups -OCH3 is 1. The topological polar surface area (TPSA) is 21.3 Å².